The van der Waals surface area contributed by atoms with Crippen LogP contribution in [0.4, 0.5) is 8.78 Å². The van der Waals surface area contributed by atoms with E-state index in [0.29, 0.717) is 0 Å². The van der Waals surface area contributed by atoms with Crippen LogP contribution in [0.25, 0.3) is 0 Å². The Labute approximate surface area is 105 Å². The fourth-order valence-corrected chi connectivity index (χ4v) is 1.97. The second-order valence-electron chi connectivity index (χ2n) is 3.04. The van der Waals surface area contributed by atoms with Crippen molar-refractivity contribution in [2.75, 3.05) is 7.11 Å². The minimum atomic E-state index is -0.999. The first-order chi connectivity index (χ1) is 7.45. The number of rotatable bonds is 3. The molecule has 0 spiro atoms. The number of esters is 1. The van der Waals surface area contributed by atoms with Gasteiger partial charge in [-0.3, -0.25) is 4.79 Å². The van der Waals surface area contributed by atoms with Crippen molar-refractivity contribution in [3.8, 4) is 0 Å². The van der Waals surface area contributed by atoms with E-state index in [1.807, 2.05) is 0 Å². The first-order valence-electron chi connectivity index (χ1n) is 4.31. The molecule has 0 amide bonds. The standard InChI is InChI=1S/C10H8BrClF2O2/c1-16-10(15)8(12)4-6-7(11)2-5(13)3-9(6)14/h2-3,8H,4H2,1H3. The molecule has 1 atom stereocenters. The summed E-state index contributed by atoms with van der Waals surface area (Å²) in [6.45, 7) is 0. The summed E-state index contributed by atoms with van der Waals surface area (Å²) in [6.07, 6.45) is -0.0685. The lowest BCUT2D eigenvalue weighted by atomic mass is 10.1. The van der Waals surface area contributed by atoms with Crippen molar-refractivity contribution in [2.45, 2.75) is 11.8 Å². The molecule has 0 aromatic heterocycles. The van der Waals surface area contributed by atoms with E-state index in [2.05, 4.69) is 20.7 Å². The molecule has 0 fully saturated rings. The van der Waals surface area contributed by atoms with Crippen molar-refractivity contribution >= 4 is 33.5 Å². The highest BCUT2D eigenvalue weighted by atomic mass is 79.9. The fourth-order valence-electron chi connectivity index (χ4n) is 1.16. The molecule has 0 saturated carbocycles. The lowest BCUT2D eigenvalue weighted by Crippen LogP contribution is -2.19. The maximum Gasteiger partial charge on any atom is 0.324 e. The zero-order valence-electron chi connectivity index (χ0n) is 8.27. The molecule has 1 unspecified atom stereocenters. The number of benzene rings is 1. The predicted octanol–water partition coefficient (Wildman–Crippen LogP) is 3.05. The van der Waals surface area contributed by atoms with Crippen molar-refractivity contribution in [3.63, 3.8) is 0 Å². The molecule has 0 aliphatic rings. The number of carbonyl (C=O) groups excluding carboxylic acids is 1. The zero-order valence-corrected chi connectivity index (χ0v) is 10.6. The lowest BCUT2D eigenvalue weighted by Gasteiger charge is -2.10. The molecule has 2 nitrogen and oxygen atoms in total. The summed E-state index contributed by atoms with van der Waals surface area (Å²) in [5, 5.41) is -0.999. The molecule has 1 aromatic carbocycles. The Balaban J connectivity index is 2.93. The van der Waals surface area contributed by atoms with Gasteiger partial charge in [-0.2, -0.15) is 0 Å². The molecule has 0 N–H and O–H groups in total. The Bertz CT molecular complexity index is 389. The van der Waals surface area contributed by atoms with Crippen molar-refractivity contribution in [1.29, 1.82) is 0 Å². The van der Waals surface area contributed by atoms with Crippen LogP contribution in [0.15, 0.2) is 16.6 Å². The number of alkyl halides is 1. The molecule has 0 radical (unpaired) electrons. The molecule has 0 heterocycles. The first kappa shape index (κ1) is 13.4. The number of methoxy groups -OCH3 is 1. The van der Waals surface area contributed by atoms with Gasteiger partial charge in [-0.15, -0.1) is 11.6 Å². The van der Waals surface area contributed by atoms with Gasteiger partial charge in [-0.25, -0.2) is 8.78 Å². The highest BCUT2D eigenvalue weighted by Gasteiger charge is 2.20. The Morgan fingerprint density at radius 2 is 2.19 bits per heavy atom. The van der Waals surface area contributed by atoms with Crippen LogP contribution >= 0.6 is 27.5 Å². The number of hydrogen-bond acceptors (Lipinski definition) is 2. The van der Waals surface area contributed by atoms with Gasteiger partial charge in [0, 0.05) is 22.5 Å². The third-order valence-corrected chi connectivity index (χ3v) is 2.99. The number of carbonyl (C=O) groups is 1. The summed E-state index contributed by atoms with van der Waals surface area (Å²) in [4.78, 5) is 11.0. The third-order valence-electron chi connectivity index (χ3n) is 1.95. The van der Waals surface area contributed by atoms with E-state index in [1.54, 1.807) is 0 Å². The topological polar surface area (TPSA) is 26.3 Å². The Morgan fingerprint density at radius 3 is 2.69 bits per heavy atom. The van der Waals surface area contributed by atoms with Crippen LogP contribution in [0.1, 0.15) is 5.56 Å². The summed E-state index contributed by atoms with van der Waals surface area (Å²) >= 11 is 8.70. The summed E-state index contributed by atoms with van der Waals surface area (Å²) in [6, 6.07) is 1.85. The van der Waals surface area contributed by atoms with Gasteiger partial charge in [0.2, 0.25) is 0 Å². The van der Waals surface area contributed by atoms with E-state index in [-0.39, 0.29) is 16.5 Å². The summed E-state index contributed by atoms with van der Waals surface area (Å²) in [5.41, 5.74) is 0.145. The van der Waals surface area contributed by atoms with Crippen molar-refractivity contribution in [3.05, 3.63) is 33.8 Å². The highest BCUT2D eigenvalue weighted by Crippen LogP contribution is 2.24. The Hall–Kier alpha value is -0.680. The van der Waals surface area contributed by atoms with E-state index < -0.39 is 23.0 Å². The van der Waals surface area contributed by atoms with Gasteiger partial charge in [-0.05, 0) is 6.07 Å². The van der Waals surface area contributed by atoms with E-state index in [9.17, 15) is 13.6 Å². The molecule has 88 valence electrons. The first-order valence-corrected chi connectivity index (χ1v) is 5.54. The third kappa shape index (κ3) is 3.15. The second kappa shape index (κ2) is 5.59. The number of hydrogen-bond donors (Lipinski definition) is 0. The quantitative estimate of drug-likeness (QED) is 0.633. The Morgan fingerprint density at radius 1 is 1.56 bits per heavy atom. The smallest absolute Gasteiger partial charge is 0.324 e. The molecule has 0 saturated heterocycles. The van der Waals surface area contributed by atoms with Gasteiger partial charge in [0.1, 0.15) is 17.0 Å². The van der Waals surface area contributed by atoms with Gasteiger partial charge in [0.05, 0.1) is 7.11 Å². The Kier molecular flexibility index (Phi) is 4.68. The molecular weight excluding hydrogens is 305 g/mol. The summed E-state index contributed by atoms with van der Waals surface area (Å²) in [7, 11) is 1.19. The average molecular weight is 314 g/mol. The highest BCUT2D eigenvalue weighted by molar-refractivity contribution is 9.10. The number of halogens is 4. The molecular formula is C10H8BrClF2O2. The van der Waals surface area contributed by atoms with Crippen LogP contribution in [0, 0.1) is 11.6 Å². The van der Waals surface area contributed by atoms with Crippen molar-refractivity contribution in [2.24, 2.45) is 0 Å². The largest absolute Gasteiger partial charge is 0.468 e. The summed E-state index contributed by atoms with van der Waals surface area (Å²) < 4.78 is 30.8. The second-order valence-corrected chi connectivity index (χ2v) is 4.42. The summed E-state index contributed by atoms with van der Waals surface area (Å²) in [5.74, 6) is -2.10. The lowest BCUT2D eigenvalue weighted by molar-refractivity contribution is -0.140. The van der Waals surface area contributed by atoms with Crippen LogP contribution in [0.2, 0.25) is 0 Å². The van der Waals surface area contributed by atoms with Gasteiger partial charge in [-0.1, -0.05) is 15.9 Å². The normalized spacial score (nSPS) is 12.3. The van der Waals surface area contributed by atoms with Crippen LogP contribution in [-0.2, 0) is 16.0 Å². The fraction of sp³-hybridized carbons (Fsp3) is 0.300. The molecule has 0 aliphatic carbocycles. The average Bonchev–Trinajstić information content (AvgIpc) is 2.21. The van der Waals surface area contributed by atoms with Gasteiger partial charge in [0.15, 0.2) is 0 Å². The molecule has 6 heteroatoms. The molecule has 0 bridgehead atoms. The van der Waals surface area contributed by atoms with Crippen LogP contribution in [-0.4, -0.2) is 18.5 Å². The molecule has 16 heavy (non-hydrogen) atoms. The number of ether oxygens (including phenoxy) is 1. The predicted molar refractivity (Wildman–Crippen MR) is 59.4 cm³/mol. The maximum absolute atomic E-state index is 13.4. The zero-order chi connectivity index (χ0) is 12.3. The van der Waals surface area contributed by atoms with E-state index >= 15 is 0 Å². The van der Waals surface area contributed by atoms with E-state index in [0.717, 1.165) is 12.1 Å². The minimum Gasteiger partial charge on any atom is -0.468 e. The molecule has 0 aliphatic heterocycles. The van der Waals surface area contributed by atoms with Gasteiger partial charge in [0.25, 0.3) is 0 Å². The van der Waals surface area contributed by atoms with Crippen LogP contribution in [0.3, 0.4) is 0 Å². The van der Waals surface area contributed by atoms with Crippen molar-refractivity contribution < 1.29 is 18.3 Å². The minimum absolute atomic E-state index is 0.0685. The van der Waals surface area contributed by atoms with Crippen LogP contribution < -0.4 is 0 Å². The SMILES string of the molecule is COC(=O)C(Cl)Cc1c(F)cc(F)cc1Br. The van der Waals surface area contributed by atoms with E-state index in [1.165, 1.54) is 7.11 Å². The van der Waals surface area contributed by atoms with Crippen LogP contribution in [0.5, 0.6) is 0 Å². The monoisotopic (exact) mass is 312 g/mol. The van der Waals surface area contributed by atoms with E-state index in [4.69, 9.17) is 11.6 Å². The van der Waals surface area contributed by atoms with Gasteiger partial charge < -0.3 is 4.74 Å². The van der Waals surface area contributed by atoms with Gasteiger partial charge >= 0.3 is 5.97 Å². The molecule has 1 aromatic rings. The van der Waals surface area contributed by atoms with Crippen molar-refractivity contribution in [1.82, 2.24) is 0 Å². The maximum atomic E-state index is 13.4. The molecule has 1 rings (SSSR count).